The van der Waals surface area contributed by atoms with E-state index in [0.717, 1.165) is 6.26 Å². The van der Waals surface area contributed by atoms with E-state index in [9.17, 15) is 22.4 Å². The minimum absolute atomic E-state index is 0.0435. The zero-order chi connectivity index (χ0) is 18.9. The second-order valence-electron chi connectivity index (χ2n) is 5.98. The van der Waals surface area contributed by atoms with Crippen LogP contribution in [0, 0.1) is 5.82 Å². The second kappa shape index (κ2) is 6.75. The zero-order valence-corrected chi connectivity index (χ0v) is 14.6. The maximum absolute atomic E-state index is 13.4. The van der Waals surface area contributed by atoms with Crippen molar-refractivity contribution in [2.45, 2.75) is 12.3 Å². The summed E-state index contributed by atoms with van der Waals surface area (Å²) in [6, 6.07) is 9.99. The van der Waals surface area contributed by atoms with E-state index in [4.69, 9.17) is 0 Å². The lowest BCUT2D eigenvalue weighted by Crippen LogP contribution is -2.30. The summed E-state index contributed by atoms with van der Waals surface area (Å²) < 4.78 is 38.1. The number of rotatable bonds is 4. The highest BCUT2D eigenvalue weighted by atomic mass is 32.2. The molecule has 0 bridgehead atoms. The predicted molar refractivity (Wildman–Crippen MR) is 95.9 cm³/mol. The molecule has 3 N–H and O–H groups in total. The smallest absolute Gasteiger partial charge is 0.232 e. The molecule has 0 unspecified atom stereocenters. The van der Waals surface area contributed by atoms with Gasteiger partial charge in [0.05, 0.1) is 12.2 Å². The summed E-state index contributed by atoms with van der Waals surface area (Å²) >= 11 is 0. The van der Waals surface area contributed by atoms with E-state index in [0.29, 0.717) is 16.9 Å². The topological polar surface area (TPSA) is 104 Å². The number of anilines is 3. The first-order valence-electron chi connectivity index (χ1n) is 7.69. The fraction of sp³-hybridized carbons (Fsp3) is 0.176. The number of nitrogens with one attached hydrogen (secondary N) is 3. The zero-order valence-electron chi connectivity index (χ0n) is 13.7. The Morgan fingerprint density at radius 2 is 1.81 bits per heavy atom. The van der Waals surface area contributed by atoms with Crippen LogP contribution in [0.15, 0.2) is 42.5 Å². The third-order valence-electron chi connectivity index (χ3n) is 3.83. The largest absolute Gasteiger partial charge is 0.326 e. The third-order valence-corrected chi connectivity index (χ3v) is 4.43. The predicted octanol–water partition coefficient (Wildman–Crippen LogP) is 2.26. The van der Waals surface area contributed by atoms with Crippen LogP contribution in [-0.4, -0.2) is 26.5 Å². The molecule has 9 heteroatoms. The highest BCUT2D eigenvalue weighted by molar-refractivity contribution is 7.92. The Kier molecular flexibility index (Phi) is 4.64. The molecule has 1 atom stereocenters. The van der Waals surface area contributed by atoms with Crippen LogP contribution in [0.1, 0.15) is 17.9 Å². The maximum atomic E-state index is 13.4. The molecule has 7 nitrogen and oxygen atoms in total. The molecule has 0 radical (unpaired) electrons. The first kappa shape index (κ1) is 17.9. The standard InChI is InChI=1S/C17H16FN3O4S/c1-26(24,25)21-12-5-3-11(4-6-12)19-17(23)14-9-16(22)20-15-8-10(18)2-7-13(14)15/h2-8,14,21H,9H2,1H3,(H,19,23)(H,20,22)/t14-/m1/s1. The van der Waals surface area contributed by atoms with Crippen LogP contribution in [0.5, 0.6) is 0 Å². The van der Waals surface area contributed by atoms with Crippen LogP contribution in [0.3, 0.4) is 0 Å². The second-order valence-corrected chi connectivity index (χ2v) is 7.73. The molecule has 26 heavy (non-hydrogen) atoms. The van der Waals surface area contributed by atoms with Crippen molar-refractivity contribution in [2.24, 2.45) is 0 Å². The van der Waals surface area contributed by atoms with Gasteiger partial charge in [0.15, 0.2) is 0 Å². The molecule has 0 aliphatic carbocycles. The minimum Gasteiger partial charge on any atom is -0.326 e. The minimum atomic E-state index is -3.39. The van der Waals surface area contributed by atoms with Crippen molar-refractivity contribution in [3.05, 3.63) is 53.8 Å². The third kappa shape index (κ3) is 4.17. The molecule has 2 aromatic carbocycles. The summed E-state index contributed by atoms with van der Waals surface area (Å²) in [5.74, 6) is -2.01. The van der Waals surface area contributed by atoms with Crippen molar-refractivity contribution in [1.82, 2.24) is 0 Å². The number of carbonyl (C=O) groups excluding carboxylic acids is 2. The lowest BCUT2D eigenvalue weighted by molar-refractivity contribution is -0.123. The van der Waals surface area contributed by atoms with Gasteiger partial charge in [0.1, 0.15) is 5.82 Å². The molecule has 0 saturated heterocycles. The average molecular weight is 377 g/mol. The monoisotopic (exact) mass is 377 g/mol. The maximum Gasteiger partial charge on any atom is 0.232 e. The van der Waals surface area contributed by atoms with E-state index in [1.165, 1.54) is 30.3 Å². The van der Waals surface area contributed by atoms with E-state index in [1.807, 2.05) is 0 Å². The molecule has 1 aliphatic heterocycles. The Balaban J connectivity index is 1.77. The van der Waals surface area contributed by atoms with E-state index < -0.39 is 27.7 Å². The summed E-state index contributed by atoms with van der Waals surface area (Å²) in [5.41, 5.74) is 1.64. The fourth-order valence-electron chi connectivity index (χ4n) is 2.74. The van der Waals surface area contributed by atoms with Gasteiger partial charge in [-0.05, 0) is 42.0 Å². The van der Waals surface area contributed by atoms with Crippen molar-refractivity contribution in [3.63, 3.8) is 0 Å². The lowest BCUT2D eigenvalue weighted by atomic mass is 9.89. The molecule has 0 spiro atoms. The molecule has 3 rings (SSSR count). The van der Waals surface area contributed by atoms with Gasteiger partial charge in [0, 0.05) is 23.5 Å². The van der Waals surface area contributed by atoms with Crippen molar-refractivity contribution in [3.8, 4) is 0 Å². The van der Waals surface area contributed by atoms with Crippen LogP contribution < -0.4 is 15.4 Å². The van der Waals surface area contributed by atoms with E-state index in [2.05, 4.69) is 15.4 Å². The van der Waals surface area contributed by atoms with Gasteiger partial charge in [-0.25, -0.2) is 12.8 Å². The quantitative estimate of drug-likeness (QED) is 0.760. The number of hydrogen-bond acceptors (Lipinski definition) is 4. The van der Waals surface area contributed by atoms with Gasteiger partial charge < -0.3 is 10.6 Å². The molecule has 0 saturated carbocycles. The summed E-state index contributed by atoms with van der Waals surface area (Å²) in [6.07, 6.45) is 0.995. The summed E-state index contributed by atoms with van der Waals surface area (Å²) in [7, 11) is -3.39. The van der Waals surface area contributed by atoms with Crippen LogP contribution >= 0.6 is 0 Å². The number of sulfonamides is 1. The van der Waals surface area contributed by atoms with Gasteiger partial charge in [-0.2, -0.15) is 0 Å². The Hall–Kier alpha value is -2.94. The molecule has 2 aromatic rings. The average Bonchev–Trinajstić information content (AvgIpc) is 2.54. The normalized spacial score (nSPS) is 16.4. The van der Waals surface area contributed by atoms with Gasteiger partial charge in [-0.3, -0.25) is 14.3 Å². The molecule has 1 aliphatic rings. The molecular formula is C17H16FN3O4S. The van der Waals surface area contributed by atoms with Crippen molar-refractivity contribution < 1.29 is 22.4 Å². The van der Waals surface area contributed by atoms with Gasteiger partial charge in [0.25, 0.3) is 0 Å². The highest BCUT2D eigenvalue weighted by Crippen LogP contribution is 2.33. The highest BCUT2D eigenvalue weighted by Gasteiger charge is 2.31. The number of hydrogen-bond donors (Lipinski definition) is 3. The number of halogens is 1. The van der Waals surface area contributed by atoms with Gasteiger partial charge in [0.2, 0.25) is 21.8 Å². The first-order valence-corrected chi connectivity index (χ1v) is 9.58. The Morgan fingerprint density at radius 3 is 2.46 bits per heavy atom. The van der Waals surface area contributed by atoms with E-state index in [1.54, 1.807) is 12.1 Å². The summed E-state index contributed by atoms with van der Waals surface area (Å²) in [4.78, 5) is 24.4. The molecule has 0 aromatic heterocycles. The molecular weight excluding hydrogens is 361 g/mol. The molecule has 2 amide bonds. The Labute approximate surface area is 149 Å². The van der Waals surface area contributed by atoms with Crippen molar-refractivity contribution in [1.29, 1.82) is 0 Å². The van der Waals surface area contributed by atoms with Crippen LogP contribution in [0.25, 0.3) is 0 Å². The Bertz CT molecular complexity index is 974. The van der Waals surface area contributed by atoms with Gasteiger partial charge >= 0.3 is 0 Å². The van der Waals surface area contributed by atoms with Crippen LogP contribution in [0.2, 0.25) is 0 Å². The number of carbonyl (C=O) groups is 2. The van der Waals surface area contributed by atoms with E-state index in [-0.39, 0.29) is 18.0 Å². The fourth-order valence-corrected chi connectivity index (χ4v) is 3.30. The number of amides is 2. The van der Waals surface area contributed by atoms with Gasteiger partial charge in [-0.1, -0.05) is 6.07 Å². The molecule has 136 valence electrons. The van der Waals surface area contributed by atoms with E-state index >= 15 is 0 Å². The SMILES string of the molecule is CS(=O)(=O)Nc1ccc(NC(=O)[C@@H]2CC(=O)Nc3cc(F)ccc32)cc1. The molecule has 0 fully saturated rings. The van der Waals surface area contributed by atoms with Crippen LogP contribution in [-0.2, 0) is 19.6 Å². The number of benzene rings is 2. The first-order chi connectivity index (χ1) is 12.2. The van der Waals surface area contributed by atoms with Crippen molar-refractivity contribution in [2.75, 3.05) is 21.6 Å². The van der Waals surface area contributed by atoms with Crippen LogP contribution in [0.4, 0.5) is 21.5 Å². The number of fused-ring (bicyclic) bond motifs is 1. The summed E-state index contributed by atoms with van der Waals surface area (Å²) in [6.45, 7) is 0. The van der Waals surface area contributed by atoms with Gasteiger partial charge in [-0.15, -0.1) is 0 Å². The Morgan fingerprint density at radius 1 is 1.15 bits per heavy atom. The molecule has 1 heterocycles. The van der Waals surface area contributed by atoms with Crippen molar-refractivity contribution >= 4 is 38.9 Å². The summed E-state index contributed by atoms with van der Waals surface area (Å²) in [5, 5.41) is 5.24. The lowest BCUT2D eigenvalue weighted by Gasteiger charge is -2.25.